The normalized spacial score (nSPS) is 14.7. The van der Waals surface area contributed by atoms with Gasteiger partial charge < -0.3 is 15.6 Å². The lowest BCUT2D eigenvalue weighted by Crippen LogP contribution is -2.33. The zero-order valence-corrected chi connectivity index (χ0v) is 17.9. The minimum absolute atomic E-state index is 0.00464. The molecule has 1 aliphatic carbocycles. The standard InChI is InChI=1S/C21H29N5O2S/c1-15(2)12-26-18(9-8-17(22)27)24-25-20(26)29-13-19(28)23-14-21(10-11-21)16-6-4-3-5-7-16/h3-7,15H,8-14H2,1-2H3,(H2,22,27)(H,23,28). The number of hydrogen-bond donors (Lipinski definition) is 2. The van der Waals surface area contributed by atoms with Crippen LogP contribution in [0.4, 0.5) is 0 Å². The number of hydrogen-bond acceptors (Lipinski definition) is 5. The number of aromatic nitrogens is 3. The van der Waals surface area contributed by atoms with Crippen LogP contribution in [0.25, 0.3) is 0 Å². The molecular weight excluding hydrogens is 386 g/mol. The van der Waals surface area contributed by atoms with E-state index in [1.54, 1.807) is 0 Å². The summed E-state index contributed by atoms with van der Waals surface area (Å²) in [5.74, 6) is 1.06. The van der Waals surface area contributed by atoms with Gasteiger partial charge in [0, 0.05) is 31.3 Å². The third-order valence-corrected chi connectivity index (χ3v) is 6.10. The predicted octanol–water partition coefficient (Wildman–Crippen LogP) is 2.29. The Bertz CT molecular complexity index is 846. The van der Waals surface area contributed by atoms with Gasteiger partial charge in [-0.25, -0.2) is 0 Å². The summed E-state index contributed by atoms with van der Waals surface area (Å²) in [4.78, 5) is 23.5. The fraction of sp³-hybridized carbons (Fsp3) is 0.524. The summed E-state index contributed by atoms with van der Waals surface area (Å²) in [7, 11) is 0. The van der Waals surface area contributed by atoms with Crippen LogP contribution in [0.15, 0.2) is 35.5 Å². The number of nitrogens with one attached hydrogen (secondary N) is 1. The third kappa shape index (κ3) is 5.82. The smallest absolute Gasteiger partial charge is 0.230 e. The van der Waals surface area contributed by atoms with Crippen LogP contribution >= 0.6 is 11.8 Å². The van der Waals surface area contributed by atoms with E-state index >= 15 is 0 Å². The highest BCUT2D eigenvalue weighted by atomic mass is 32.2. The number of primary amides is 1. The fourth-order valence-electron chi connectivity index (χ4n) is 3.35. The van der Waals surface area contributed by atoms with Crippen molar-refractivity contribution in [2.24, 2.45) is 11.7 Å². The summed E-state index contributed by atoms with van der Waals surface area (Å²) in [5.41, 5.74) is 6.65. The van der Waals surface area contributed by atoms with Gasteiger partial charge in [-0.2, -0.15) is 0 Å². The molecule has 1 fully saturated rings. The molecule has 1 heterocycles. The van der Waals surface area contributed by atoms with Gasteiger partial charge in [-0.1, -0.05) is 55.9 Å². The van der Waals surface area contributed by atoms with Crippen molar-refractivity contribution >= 4 is 23.6 Å². The van der Waals surface area contributed by atoms with Gasteiger partial charge in [0.15, 0.2) is 5.16 Å². The second kappa shape index (κ2) is 9.43. The summed E-state index contributed by atoms with van der Waals surface area (Å²) in [6, 6.07) is 10.4. The monoisotopic (exact) mass is 415 g/mol. The zero-order valence-electron chi connectivity index (χ0n) is 17.1. The molecule has 29 heavy (non-hydrogen) atoms. The van der Waals surface area contributed by atoms with Crippen LogP contribution < -0.4 is 11.1 Å². The van der Waals surface area contributed by atoms with Crippen LogP contribution in [0, 0.1) is 5.92 Å². The lowest BCUT2D eigenvalue weighted by molar-refractivity contribution is -0.119. The highest BCUT2D eigenvalue weighted by molar-refractivity contribution is 7.99. The van der Waals surface area contributed by atoms with Crippen LogP contribution in [0.1, 0.15) is 44.5 Å². The molecule has 3 rings (SSSR count). The quantitative estimate of drug-likeness (QED) is 0.548. The molecule has 1 aromatic heterocycles. The van der Waals surface area contributed by atoms with Gasteiger partial charge in [0.05, 0.1) is 5.75 Å². The van der Waals surface area contributed by atoms with Gasteiger partial charge >= 0.3 is 0 Å². The molecule has 2 amide bonds. The van der Waals surface area contributed by atoms with E-state index in [-0.39, 0.29) is 29.4 Å². The molecule has 1 aromatic carbocycles. The van der Waals surface area contributed by atoms with Crippen molar-refractivity contribution in [3.05, 3.63) is 41.7 Å². The van der Waals surface area contributed by atoms with Gasteiger partial charge in [0.1, 0.15) is 5.82 Å². The van der Waals surface area contributed by atoms with E-state index in [9.17, 15) is 9.59 Å². The van der Waals surface area contributed by atoms with Crippen LogP contribution in [-0.4, -0.2) is 38.9 Å². The largest absolute Gasteiger partial charge is 0.370 e. The summed E-state index contributed by atoms with van der Waals surface area (Å²) in [6.45, 7) is 5.62. The minimum atomic E-state index is -0.356. The zero-order chi connectivity index (χ0) is 20.9. The molecule has 0 atom stereocenters. The van der Waals surface area contributed by atoms with Crippen LogP contribution in [0.3, 0.4) is 0 Å². The van der Waals surface area contributed by atoms with Crippen molar-refractivity contribution in [3.63, 3.8) is 0 Å². The maximum absolute atomic E-state index is 12.4. The Morgan fingerprint density at radius 1 is 1.24 bits per heavy atom. The molecule has 8 heteroatoms. The lowest BCUT2D eigenvalue weighted by atomic mass is 9.96. The molecule has 0 spiro atoms. The van der Waals surface area contributed by atoms with Crippen molar-refractivity contribution in [1.29, 1.82) is 0 Å². The van der Waals surface area contributed by atoms with Crippen molar-refractivity contribution in [2.45, 2.75) is 56.6 Å². The molecule has 0 bridgehead atoms. The summed E-state index contributed by atoms with van der Waals surface area (Å²) in [6.07, 6.45) is 2.91. The van der Waals surface area contributed by atoms with E-state index in [0.717, 1.165) is 25.2 Å². The Morgan fingerprint density at radius 3 is 2.59 bits per heavy atom. The number of aryl methyl sites for hydroxylation is 1. The Labute approximate surface area is 175 Å². The average Bonchev–Trinajstić information content (AvgIpc) is 3.40. The maximum Gasteiger partial charge on any atom is 0.230 e. The Kier molecular flexibility index (Phi) is 6.95. The molecule has 0 aliphatic heterocycles. The molecule has 0 radical (unpaired) electrons. The number of carbonyl (C=O) groups excluding carboxylic acids is 2. The molecule has 1 saturated carbocycles. The van der Waals surface area contributed by atoms with Crippen molar-refractivity contribution in [2.75, 3.05) is 12.3 Å². The fourth-order valence-corrected chi connectivity index (χ4v) is 4.15. The molecule has 3 N–H and O–H groups in total. The lowest BCUT2D eigenvalue weighted by Gasteiger charge is -2.16. The summed E-state index contributed by atoms with van der Waals surface area (Å²) in [5, 5.41) is 12.2. The first-order valence-corrected chi connectivity index (χ1v) is 11.0. The molecule has 2 aromatic rings. The third-order valence-electron chi connectivity index (χ3n) is 5.13. The van der Waals surface area contributed by atoms with Crippen LogP contribution in [-0.2, 0) is 28.0 Å². The Balaban J connectivity index is 1.55. The van der Waals surface area contributed by atoms with Crippen LogP contribution in [0.5, 0.6) is 0 Å². The first-order chi connectivity index (χ1) is 13.9. The second-order valence-corrected chi connectivity index (χ2v) is 9.02. The predicted molar refractivity (Wildman–Crippen MR) is 113 cm³/mol. The van der Waals surface area contributed by atoms with Gasteiger partial charge in [-0.3, -0.25) is 9.59 Å². The van der Waals surface area contributed by atoms with E-state index < -0.39 is 0 Å². The average molecular weight is 416 g/mol. The number of benzene rings is 1. The van der Waals surface area contributed by atoms with Crippen molar-refractivity contribution in [1.82, 2.24) is 20.1 Å². The topological polar surface area (TPSA) is 103 Å². The van der Waals surface area contributed by atoms with E-state index in [1.165, 1.54) is 17.3 Å². The molecular formula is C21H29N5O2S. The number of rotatable bonds is 11. The van der Waals surface area contributed by atoms with Gasteiger partial charge in [0.25, 0.3) is 0 Å². The summed E-state index contributed by atoms with van der Waals surface area (Å²) < 4.78 is 2.00. The van der Waals surface area contributed by atoms with Crippen LogP contribution in [0.2, 0.25) is 0 Å². The van der Waals surface area contributed by atoms with E-state index in [4.69, 9.17) is 5.73 Å². The minimum Gasteiger partial charge on any atom is -0.370 e. The molecule has 156 valence electrons. The number of nitrogens with two attached hydrogens (primary N) is 1. The van der Waals surface area contributed by atoms with E-state index in [0.29, 0.717) is 24.0 Å². The van der Waals surface area contributed by atoms with Gasteiger partial charge in [-0.05, 0) is 24.3 Å². The van der Waals surface area contributed by atoms with Crippen molar-refractivity contribution in [3.8, 4) is 0 Å². The Morgan fingerprint density at radius 2 is 1.97 bits per heavy atom. The molecule has 1 aliphatic rings. The molecule has 7 nitrogen and oxygen atoms in total. The Hall–Kier alpha value is -2.35. The second-order valence-electron chi connectivity index (χ2n) is 8.08. The highest BCUT2D eigenvalue weighted by Gasteiger charge is 2.44. The SMILES string of the molecule is CC(C)Cn1c(CCC(N)=O)nnc1SCC(=O)NCC1(c2ccccc2)CC1. The number of nitrogens with zero attached hydrogens (tertiary/aromatic N) is 3. The molecule has 0 saturated heterocycles. The first-order valence-electron chi connectivity index (χ1n) is 10.0. The molecule has 0 unspecified atom stereocenters. The van der Waals surface area contributed by atoms with Crippen molar-refractivity contribution < 1.29 is 9.59 Å². The highest BCUT2D eigenvalue weighted by Crippen LogP contribution is 2.47. The number of carbonyl (C=O) groups is 2. The van der Waals surface area contributed by atoms with E-state index in [2.05, 4.69) is 41.5 Å². The van der Waals surface area contributed by atoms with E-state index in [1.807, 2.05) is 22.8 Å². The number of thioether (sulfide) groups is 1. The first kappa shape index (κ1) is 21.4. The number of amides is 2. The maximum atomic E-state index is 12.4. The van der Waals surface area contributed by atoms with Gasteiger partial charge in [0.2, 0.25) is 11.8 Å². The summed E-state index contributed by atoms with van der Waals surface area (Å²) >= 11 is 1.38. The van der Waals surface area contributed by atoms with Gasteiger partial charge in [-0.15, -0.1) is 10.2 Å².